The van der Waals surface area contributed by atoms with E-state index < -0.39 is 12.0 Å². The number of ketones is 1. The van der Waals surface area contributed by atoms with E-state index in [1.165, 1.54) is 6.26 Å². The molecule has 0 aliphatic heterocycles. The minimum absolute atomic E-state index is 0.201. The number of ether oxygens (including phenoxy) is 1. The average molecular weight is 417 g/mol. The third-order valence-electron chi connectivity index (χ3n) is 5.43. The van der Waals surface area contributed by atoms with Gasteiger partial charge in [0, 0.05) is 24.8 Å². The molecule has 0 saturated carbocycles. The highest BCUT2D eigenvalue weighted by atomic mass is 16.5. The number of esters is 1. The van der Waals surface area contributed by atoms with Crippen molar-refractivity contribution in [3.8, 4) is 0 Å². The monoisotopic (exact) mass is 416 g/mol. The molecule has 30 heavy (non-hydrogen) atoms. The van der Waals surface area contributed by atoms with E-state index in [0.29, 0.717) is 35.0 Å². The molecule has 2 aromatic heterocycles. The smallest absolute Gasteiger partial charge is 0.355 e. The Hall–Kier alpha value is -2.83. The fraction of sp³-hybridized carbons (Fsp3) is 0.522. The van der Waals surface area contributed by atoms with Crippen molar-refractivity contribution < 1.29 is 23.5 Å². The van der Waals surface area contributed by atoms with Gasteiger partial charge in [0.25, 0.3) is 5.91 Å². The summed E-state index contributed by atoms with van der Waals surface area (Å²) in [6.07, 6.45) is 2.20. The second-order valence-corrected chi connectivity index (χ2v) is 7.91. The van der Waals surface area contributed by atoms with Crippen LogP contribution in [-0.2, 0) is 11.8 Å². The molecule has 2 heterocycles. The second kappa shape index (κ2) is 9.78. The zero-order valence-electron chi connectivity index (χ0n) is 18.9. The summed E-state index contributed by atoms with van der Waals surface area (Å²) in [6.45, 7) is 11.8. The van der Waals surface area contributed by atoms with Gasteiger partial charge in [0.15, 0.2) is 11.5 Å². The summed E-state index contributed by atoms with van der Waals surface area (Å²) < 4.78 is 12.1. The van der Waals surface area contributed by atoms with Crippen molar-refractivity contribution in [1.82, 2.24) is 9.47 Å². The zero-order chi connectivity index (χ0) is 22.6. The van der Waals surface area contributed by atoms with Crippen molar-refractivity contribution in [1.29, 1.82) is 0 Å². The van der Waals surface area contributed by atoms with Gasteiger partial charge >= 0.3 is 5.97 Å². The van der Waals surface area contributed by atoms with Crippen molar-refractivity contribution in [3.05, 3.63) is 46.7 Å². The lowest BCUT2D eigenvalue weighted by Gasteiger charge is -2.28. The third kappa shape index (κ3) is 4.66. The number of furan rings is 1. The lowest BCUT2D eigenvalue weighted by molar-refractivity contribution is 0.0513. The molecule has 0 radical (unpaired) electrons. The van der Waals surface area contributed by atoms with Crippen LogP contribution in [0.15, 0.2) is 22.8 Å². The third-order valence-corrected chi connectivity index (χ3v) is 5.43. The number of amides is 1. The summed E-state index contributed by atoms with van der Waals surface area (Å²) in [4.78, 5) is 40.5. The van der Waals surface area contributed by atoms with Crippen molar-refractivity contribution in [3.63, 3.8) is 0 Å². The highest BCUT2D eigenvalue weighted by Crippen LogP contribution is 2.25. The number of nitrogens with zero attached hydrogens (tertiary/aromatic N) is 2. The molecule has 0 aliphatic rings. The highest BCUT2D eigenvalue weighted by Gasteiger charge is 2.33. The quantitative estimate of drug-likeness (QED) is 0.453. The Labute approximate surface area is 178 Å². The van der Waals surface area contributed by atoms with E-state index in [-0.39, 0.29) is 24.1 Å². The van der Waals surface area contributed by atoms with Crippen LogP contribution in [0.2, 0.25) is 0 Å². The fourth-order valence-corrected chi connectivity index (χ4v) is 3.59. The summed E-state index contributed by atoms with van der Waals surface area (Å²) in [7, 11) is 1.74. The molecule has 0 N–H and O–H groups in total. The Morgan fingerprint density at radius 1 is 1.20 bits per heavy atom. The van der Waals surface area contributed by atoms with E-state index in [1.807, 2.05) is 0 Å². The molecule has 0 bridgehead atoms. The number of hydrogen-bond donors (Lipinski definition) is 0. The van der Waals surface area contributed by atoms with Crippen LogP contribution in [0.4, 0.5) is 0 Å². The summed E-state index contributed by atoms with van der Waals surface area (Å²) in [5, 5.41) is 0. The predicted octanol–water partition coefficient (Wildman–Crippen LogP) is 4.17. The zero-order valence-corrected chi connectivity index (χ0v) is 18.9. The Bertz CT molecular complexity index is 909. The molecular formula is C23H32N2O5. The predicted molar refractivity (Wildman–Crippen MR) is 114 cm³/mol. The molecule has 1 atom stereocenters. The molecule has 0 fully saturated rings. The van der Waals surface area contributed by atoms with Crippen LogP contribution < -0.4 is 0 Å². The molecule has 0 aliphatic carbocycles. The molecule has 7 heteroatoms. The van der Waals surface area contributed by atoms with Gasteiger partial charge in [-0.25, -0.2) is 4.79 Å². The van der Waals surface area contributed by atoms with Gasteiger partial charge in [0.1, 0.15) is 5.69 Å². The number of aromatic nitrogens is 1. The Morgan fingerprint density at radius 2 is 1.87 bits per heavy atom. The van der Waals surface area contributed by atoms with Gasteiger partial charge in [-0.3, -0.25) is 9.59 Å². The van der Waals surface area contributed by atoms with Gasteiger partial charge in [-0.2, -0.15) is 0 Å². The first kappa shape index (κ1) is 23.4. The Balaban J connectivity index is 2.42. The van der Waals surface area contributed by atoms with Crippen molar-refractivity contribution >= 4 is 17.7 Å². The maximum atomic E-state index is 13.5. The minimum atomic E-state index is -0.712. The average Bonchev–Trinajstić information content (AvgIpc) is 3.29. The van der Waals surface area contributed by atoms with Crippen LogP contribution in [0, 0.1) is 19.8 Å². The van der Waals surface area contributed by atoms with Crippen molar-refractivity contribution in [2.75, 3.05) is 13.2 Å². The topological polar surface area (TPSA) is 81.8 Å². The number of rotatable bonds is 9. The number of Topliss-reactive ketones (excluding diaryl/α,β-unsaturated/α-hetero) is 1. The molecule has 2 rings (SSSR count). The molecule has 1 unspecified atom stereocenters. The standard InChI is InChI=1S/C23H32N2O5/c1-8-29-23(28)20-15(4)19(16(5)24(20)7)21(26)17(6)25(12-11-14(2)3)22(27)18-10-9-13-30-18/h9-10,13-14,17H,8,11-12H2,1-7H3. The summed E-state index contributed by atoms with van der Waals surface area (Å²) in [5.74, 6) is -0.421. The van der Waals surface area contributed by atoms with Crippen LogP contribution in [0.25, 0.3) is 0 Å². The first-order valence-corrected chi connectivity index (χ1v) is 10.3. The van der Waals surface area contributed by atoms with Crippen LogP contribution >= 0.6 is 0 Å². The number of carbonyl (C=O) groups excluding carboxylic acids is 3. The van der Waals surface area contributed by atoms with Gasteiger partial charge in [-0.1, -0.05) is 13.8 Å². The molecule has 164 valence electrons. The van der Waals surface area contributed by atoms with E-state index in [9.17, 15) is 14.4 Å². The fourth-order valence-electron chi connectivity index (χ4n) is 3.59. The first-order chi connectivity index (χ1) is 14.1. The van der Waals surface area contributed by atoms with Gasteiger partial charge in [-0.05, 0) is 57.7 Å². The van der Waals surface area contributed by atoms with E-state index in [4.69, 9.17) is 9.15 Å². The summed E-state index contributed by atoms with van der Waals surface area (Å²) in [6, 6.07) is 2.54. The van der Waals surface area contributed by atoms with Gasteiger partial charge < -0.3 is 18.6 Å². The van der Waals surface area contributed by atoms with Gasteiger partial charge in [0.05, 0.1) is 18.9 Å². The molecule has 2 aromatic rings. The molecule has 7 nitrogen and oxygen atoms in total. The van der Waals surface area contributed by atoms with Crippen LogP contribution in [0.5, 0.6) is 0 Å². The first-order valence-electron chi connectivity index (χ1n) is 10.3. The maximum absolute atomic E-state index is 13.5. The van der Waals surface area contributed by atoms with E-state index >= 15 is 0 Å². The van der Waals surface area contributed by atoms with Gasteiger partial charge in [-0.15, -0.1) is 0 Å². The lowest BCUT2D eigenvalue weighted by atomic mass is 9.99. The normalized spacial score (nSPS) is 12.1. The van der Waals surface area contributed by atoms with Crippen LogP contribution in [-0.4, -0.2) is 46.3 Å². The second-order valence-electron chi connectivity index (χ2n) is 7.91. The Kier molecular flexibility index (Phi) is 7.65. The molecule has 0 saturated heterocycles. The molecular weight excluding hydrogens is 384 g/mol. The minimum Gasteiger partial charge on any atom is -0.461 e. The van der Waals surface area contributed by atoms with Crippen molar-refractivity contribution in [2.24, 2.45) is 13.0 Å². The largest absolute Gasteiger partial charge is 0.461 e. The molecule has 0 aromatic carbocycles. The van der Waals surface area contributed by atoms with E-state index in [0.717, 1.165) is 6.42 Å². The molecule has 1 amide bonds. The Morgan fingerprint density at radius 3 is 2.40 bits per heavy atom. The van der Waals surface area contributed by atoms with E-state index in [1.54, 1.807) is 56.3 Å². The SMILES string of the molecule is CCOC(=O)c1c(C)c(C(=O)C(C)N(CCC(C)C)C(=O)c2ccco2)c(C)n1C. The van der Waals surface area contributed by atoms with Crippen LogP contribution in [0.3, 0.4) is 0 Å². The van der Waals surface area contributed by atoms with Gasteiger partial charge in [0.2, 0.25) is 0 Å². The summed E-state index contributed by atoms with van der Waals surface area (Å²) in [5.41, 5.74) is 2.05. The molecule has 0 spiro atoms. The highest BCUT2D eigenvalue weighted by molar-refractivity contribution is 6.07. The lowest BCUT2D eigenvalue weighted by Crippen LogP contribution is -2.44. The summed E-state index contributed by atoms with van der Waals surface area (Å²) >= 11 is 0. The van der Waals surface area contributed by atoms with Crippen LogP contribution in [0.1, 0.15) is 76.8 Å². The maximum Gasteiger partial charge on any atom is 0.355 e. The number of hydrogen-bond acceptors (Lipinski definition) is 5. The number of carbonyl (C=O) groups is 3. The van der Waals surface area contributed by atoms with E-state index in [2.05, 4.69) is 13.8 Å². The van der Waals surface area contributed by atoms with Crippen molar-refractivity contribution in [2.45, 2.75) is 54.0 Å².